The molecular weight excluding hydrogens is 280 g/mol. The second-order valence-corrected chi connectivity index (χ2v) is 5.91. The standard InChI is InChI=1S/C13H13ClN4S/c14-13(15)7-4-8-18-11(13)16-12(17-18)19-9-10-5-2-1-3-6-10/h1-7H,8-9,15H2. The molecule has 2 aromatic rings. The number of nitrogens with zero attached hydrogens (tertiary/aromatic N) is 3. The number of hydrogen-bond acceptors (Lipinski definition) is 4. The first-order valence-corrected chi connectivity index (χ1v) is 7.29. The Hall–Kier alpha value is -1.30. The van der Waals surface area contributed by atoms with Gasteiger partial charge in [0.2, 0.25) is 5.16 Å². The molecule has 0 saturated carbocycles. The number of fused-ring (bicyclic) bond motifs is 1. The van der Waals surface area contributed by atoms with Crippen LogP contribution in [0.4, 0.5) is 0 Å². The Kier molecular flexibility index (Phi) is 3.35. The van der Waals surface area contributed by atoms with E-state index in [4.69, 9.17) is 17.3 Å². The molecule has 1 unspecified atom stereocenters. The summed E-state index contributed by atoms with van der Waals surface area (Å²) in [7, 11) is 0. The third kappa shape index (κ3) is 2.68. The summed E-state index contributed by atoms with van der Waals surface area (Å²) in [6, 6.07) is 10.2. The molecule has 0 bridgehead atoms. The van der Waals surface area contributed by atoms with Crippen LogP contribution in [0, 0.1) is 0 Å². The predicted octanol–water partition coefficient (Wildman–Crippen LogP) is 2.49. The van der Waals surface area contributed by atoms with Gasteiger partial charge in [-0.1, -0.05) is 59.8 Å². The average Bonchev–Trinajstić information content (AvgIpc) is 2.82. The first-order valence-electron chi connectivity index (χ1n) is 5.93. The highest BCUT2D eigenvalue weighted by atomic mass is 35.5. The van der Waals surface area contributed by atoms with Crippen molar-refractivity contribution < 1.29 is 0 Å². The van der Waals surface area contributed by atoms with Gasteiger partial charge in [-0.2, -0.15) is 0 Å². The number of nitrogens with two attached hydrogens (primary N) is 1. The first-order chi connectivity index (χ1) is 9.15. The van der Waals surface area contributed by atoms with Gasteiger partial charge in [-0.25, -0.2) is 9.67 Å². The summed E-state index contributed by atoms with van der Waals surface area (Å²) in [5, 5.41) is 5.12. The number of allylic oxidation sites excluding steroid dienone is 1. The third-order valence-corrected chi connectivity index (χ3v) is 4.05. The molecule has 98 valence electrons. The van der Waals surface area contributed by atoms with Crippen molar-refractivity contribution in [2.75, 3.05) is 0 Å². The van der Waals surface area contributed by atoms with Crippen LogP contribution in [0.15, 0.2) is 47.6 Å². The van der Waals surface area contributed by atoms with E-state index in [9.17, 15) is 0 Å². The molecule has 0 amide bonds. The molecule has 0 fully saturated rings. The molecule has 1 atom stereocenters. The topological polar surface area (TPSA) is 56.7 Å². The molecule has 0 aliphatic carbocycles. The maximum absolute atomic E-state index is 6.19. The zero-order chi connectivity index (χ0) is 13.3. The third-order valence-electron chi connectivity index (χ3n) is 2.84. The Morgan fingerprint density at radius 3 is 2.89 bits per heavy atom. The Morgan fingerprint density at radius 2 is 2.16 bits per heavy atom. The Morgan fingerprint density at radius 1 is 1.37 bits per heavy atom. The van der Waals surface area contributed by atoms with Crippen molar-refractivity contribution in [1.82, 2.24) is 14.8 Å². The molecule has 0 spiro atoms. The SMILES string of the molecule is NC1(Cl)C=CCn2nc(SCc3ccccc3)nc21. The van der Waals surface area contributed by atoms with Gasteiger partial charge in [0.1, 0.15) is 0 Å². The van der Waals surface area contributed by atoms with E-state index in [0.29, 0.717) is 17.5 Å². The van der Waals surface area contributed by atoms with Gasteiger partial charge >= 0.3 is 0 Å². The molecule has 1 aliphatic rings. The molecular formula is C13H13ClN4S. The highest BCUT2D eigenvalue weighted by Crippen LogP contribution is 2.29. The normalized spacial score (nSPS) is 21.4. The summed E-state index contributed by atoms with van der Waals surface area (Å²) < 4.78 is 1.75. The van der Waals surface area contributed by atoms with Gasteiger partial charge in [0.25, 0.3) is 0 Å². The van der Waals surface area contributed by atoms with Crippen LogP contribution in [0.2, 0.25) is 0 Å². The highest BCUT2D eigenvalue weighted by Gasteiger charge is 2.30. The van der Waals surface area contributed by atoms with Crippen molar-refractivity contribution in [2.24, 2.45) is 5.73 Å². The second kappa shape index (κ2) is 5.00. The molecule has 2 heterocycles. The molecule has 1 aromatic heterocycles. The van der Waals surface area contributed by atoms with Crippen LogP contribution in [0.3, 0.4) is 0 Å². The molecule has 3 rings (SSSR count). The Labute approximate surface area is 120 Å². The molecule has 2 N–H and O–H groups in total. The van der Waals surface area contributed by atoms with Crippen LogP contribution < -0.4 is 5.73 Å². The van der Waals surface area contributed by atoms with Crippen molar-refractivity contribution in [3.05, 3.63) is 53.9 Å². The summed E-state index contributed by atoms with van der Waals surface area (Å²) in [6.07, 6.45) is 3.66. The first kappa shape index (κ1) is 12.7. The predicted molar refractivity (Wildman–Crippen MR) is 76.9 cm³/mol. The number of benzene rings is 1. The number of aromatic nitrogens is 3. The fourth-order valence-corrected chi connectivity index (χ4v) is 2.94. The number of rotatable bonds is 3. The molecule has 4 nitrogen and oxygen atoms in total. The zero-order valence-electron chi connectivity index (χ0n) is 10.2. The molecule has 0 radical (unpaired) electrons. The summed E-state index contributed by atoms with van der Waals surface area (Å²) in [5.41, 5.74) is 7.20. The average molecular weight is 293 g/mol. The van der Waals surface area contributed by atoms with E-state index < -0.39 is 5.00 Å². The van der Waals surface area contributed by atoms with Crippen LogP contribution in [0.5, 0.6) is 0 Å². The minimum absolute atomic E-state index is 0.604. The van der Waals surface area contributed by atoms with Crippen LogP contribution in [-0.2, 0) is 17.3 Å². The van der Waals surface area contributed by atoms with Gasteiger partial charge in [0.15, 0.2) is 10.8 Å². The maximum Gasteiger partial charge on any atom is 0.209 e. The van der Waals surface area contributed by atoms with E-state index in [1.54, 1.807) is 22.5 Å². The molecule has 0 saturated heterocycles. The quantitative estimate of drug-likeness (QED) is 0.409. The van der Waals surface area contributed by atoms with Crippen LogP contribution >= 0.6 is 23.4 Å². The van der Waals surface area contributed by atoms with Crippen molar-refractivity contribution in [3.63, 3.8) is 0 Å². The van der Waals surface area contributed by atoms with E-state index in [1.165, 1.54) is 5.56 Å². The fraction of sp³-hybridized carbons (Fsp3) is 0.231. The lowest BCUT2D eigenvalue weighted by Crippen LogP contribution is -2.34. The van der Waals surface area contributed by atoms with Crippen LogP contribution in [0.25, 0.3) is 0 Å². The number of thioether (sulfide) groups is 1. The van der Waals surface area contributed by atoms with Crippen molar-refractivity contribution in [2.45, 2.75) is 22.5 Å². The summed E-state index contributed by atoms with van der Waals surface area (Å²) in [4.78, 5) is 3.38. The minimum atomic E-state index is -1.04. The van der Waals surface area contributed by atoms with Crippen LogP contribution in [-0.4, -0.2) is 14.8 Å². The molecule has 6 heteroatoms. The Bertz CT molecular complexity index is 606. The number of hydrogen-bond donors (Lipinski definition) is 1. The number of halogens is 1. The summed E-state index contributed by atoms with van der Waals surface area (Å²) >= 11 is 7.77. The lowest BCUT2D eigenvalue weighted by Gasteiger charge is -2.20. The van der Waals surface area contributed by atoms with Gasteiger partial charge in [-0.3, -0.25) is 0 Å². The smallest absolute Gasteiger partial charge is 0.209 e. The molecule has 1 aromatic carbocycles. The van der Waals surface area contributed by atoms with Crippen molar-refractivity contribution in [3.8, 4) is 0 Å². The van der Waals surface area contributed by atoms with E-state index in [1.807, 2.05) is 24.3 Å². The van der Waals surface area contributed by atoms with Gasteiger partial charge in [0.05, 0.1) is 6.54 Å². The monoisotopic (exact) mass is 292 g/mol. The highest BCUT2D eigenvalue weighted by molar-refractivity contribution is 7.98. The van der Waals surface area contributed by atoms with Gasteiger partial charge in [-0.05, 0) is 11.6 Å². The van der Waals surface area contributed by atoms with Gasteiger partial charge < -0.3 is 5.73 Å². The van der Waals surface area contributed by atoms with Gasteiger partial charge in [-0.15, -0.1) is 5.10 Å². The van der Waals surface area contributed by atoms with Crippen LogP contribution in [0.1, 0.15) is 11.4 Å². The van der Waals surface area contributed by atoms with E-state index in [2.05, 4.69) is 22.2 Å². The largest absolute Gasteiger partial charge is 0.303 e. The maximum atomic E-state index is 6.19. The molecule has 19 heavy (non-hydrogen) atoms. The number of alkyl halides is 1. The summed E-state index contributed by atoms with van der Waals surface area (Å²) in [6.45, 7) is 0.667. The Balaban J connectivity index is 1.76. The van der Waals surface area contributed by atoms with E-state index >= 15 is 0 Å². The lowest BCUT2D eigenvalue weighted by atomic mass is 10.2. The minimum Gasteiger partial charge on any atom is -0.303 e. The summed E-state index contributed by atoms with van der Waals surface area (Å²) in [5.74, 6) is 1.43. The van der Waals surface area contributed by atoms with Crippen molar-refractivity contribution >= 4 is 23.4 Å². The van der Waals surface area contributed by atoms with Crippen molar-refractivity contribution in [1.29, 1.82) is 0 Å². The zero-order valence-corrected chi connectivity index (χ0v) is 11.7. The fourth-order valence-electron chi connectivity index (χ4n) is 1.91. The van der Waals surface area contributed by atoms with E-state index in [-0.39, 0.29) is 0 Å². The van der Waals surface area contributed by atoms with Gasteiger partial charge in [0, 0.05) is 5.75 Å². The van der Waals surface area contributed by atoms with E-state index in [0.717, 1.165) is 5.75 Å². The molecule has 1 aliphatic heterocycles. The lowest BCUT2D eigenvalue weighted by molar-refractivity contribution is 0.568. The second-order valence-electron chi connectivity index (χ2n) is 4.34.